The second-order valence-corrected chi connectivity index (χ2v) is 15.7. The highest BCUT2D eigenvalue weighted by atomic mass is 16.5. The monoisotopic (exact) mass is 518 g/mol. The standard InChI is InChI=1S/C32H54O5/c1-18-9-12-32(27(36)37-8)14-13-31(7)24(25(32)20(18)3)19(2)15-23-28(4)16-21(34)26(35)29(5,17-33)22(28)10-11-30(23,31)6/h18-26,33-35H,9-17H2,1-8H3/t18-,19?,20?,21?,22?,23?,24?,25?,26?,28+,29+,30-,31-,32+/m1/s1. The van der Waals surface area contributed by atoms with Gasteiger partial charge < -0.3 is 20.1 Å². The fourth-order valence-electron chi connectivity index (χ4n) is 12.4. The normalized spacial score (nSPS) is 59.4. The third-order valence-corrected chi connectivity index (χ3v) is 14.6. The Morgan fingerprint density at radius 2 is 1.54 bits per heavy atom. The van der Waals surface area contributed by atoms with E-state index in [1.807, 2.05) is 6.92 Å². The molecular weight excluding hydrogens is 464 g/mol. The predicted octanol–water partition coefficient (Wildman–Crippen LogP) is 5.45. The molecule has 212 valence electrons. The Morgan fingerprint density at radius 1 is 0.865 bits per heavy atom. The minimum absolute atomic E-state index is 0.0246. The van der Waals surface area contributed by atoms with Gasteiger partial charge in [-0.1, -0.05) is 48.5 Å². The van der Waals surface area contributed by atoms with Crippen molar-refractivity contribution < 1.29 is 24.9 Å². The van der Waals surface area contributed by atoms with Gasteiger partial charge in [0.25, 0.3) is 0 Å². The third-order valence-electron chi connectivity index (χ3n) is 14.6. The molecule has 5 heteroatoms. The van der Waals surface area contributed by atoms with Crippen molar-refractivity contribution in [2.75, 3.05) is 13.7 Å². The molecule has 5 aliphatic rings. The highest BCUT2D eigenvalue weighted by Gasteiger charge is 2.73. The molecule has 0 aromatic rings. The molecule has 0 saturated heterocycles. The summed E-state index contributed by atoms with van der Waals surface area (Å²) < 4.78 is 5.54. The molecule has 5 nitrogen and oxygen atoms in total. The van der Waals surface area contributed by atoms with Gasteiger partial charge in [-0.3, -0.25) is 4.79 Å². The summed E-state index contributed by atoms with van der Waals surface area (Å²) >= 11 is 0. The quantitative estimate of drug-likeness (QED) is 0.423. The topological polar surface area (TPSA) is 87.0 Å². The molecule has 5 fully saturated rings. The van der Waals surface area contributed by atoms with E-state index in [9.17, 15) is 20.1 Å². The van der Waals surface area contributed by atoms with Crippen LogP contribution in [-0.4, -0.2) is 47.2 Å². The first kappa shape index (κ1) is 27.9. The van der Waals surface area contributed by atoms with Crippen LogP contribution >= 0.6 is 0 Å². The number of rotatable bonds is 2. The summed E-state index contributed by atoms with van der Waals surface area (Å²) in [5, 5.41) is 32.7. The van der Waals surface area contributed by atoms with Gasteiger partial charge >= 0.3 is 5.97 Å². The number of fused-ring (bicyclic) bond motifs is 7. The molecule has 0 bridgehead atoms. The largest absolute Gasteiger partial charge is 0.469 e. The lowest BCUT2D eigenvalue weighted by Crippen LogP contribution is -2.71. The maximum absolute atomic E-state index is 13.5. The molecule has 0 heterocycles. The Morgan fingerprint density at radius 3 is 2.16 bits per heavy atom. The fourth-order valence-corrected chi connectivity index (χ4v) is 12.4. The van der Waals surface area contributed by atoms with Gasteiger partial charge in [0.1, 0.15) is 0 Å². The molecule has 37 heavy (non-hydrogen) atoms. The minimum Gasteiger partial charge on any atom is -0.469 e. The number of hydrogen-bond acceptors (Lipinski definition) is 5. The molecule has 14 atom stereocenters. The lowest BCUT2D eigenvalue weighted by molar-refractivity contribution is -0.286. The number of carbonyl (C=O) groups is 1. The zero-order valence-electron chi connectivity index (χ0n) is 24.7. The number of methoxy groups -OCH3 is 1. The van der Waals surface area contributed by atoms with E-state index >= 15 is 0 Å². The summed E-state index contributed by atoms with van der Waals surface area (Å²) in [7, 11) is 1.58. The SMILES string of the molecule is COC(=O)[C@]12CC[C@@H](C)C(C)C1C1C(C)CC3[C@@]4(C)CC(O)C(O)[C@@](C)(CO)C4CC[C@@]3(C)[C@]1(C)CC2. The fraction of sp³-hybridized carbons (Fsp3) is 0.969. The summed E-state index contributed by atoms with van der Waals surface area (Å²) in [6.45, 7) is 16.6. The van der Waals surface area contributed by atoms with Crippen molar-refractivity contribution in [2.45, 2.75) is 112 Å². The van der Waals surface area contributed by atoms with Gasteiger partial charge in [-0.25, -0.2) is 0 Å². The summed E-state index contributed by atoms with van der Waals surface area (Å²) in [5.41, 5.74) is -1.02. The Bertz CT molecular complexity index is 921. The van der Waals surface area contributed by atoms with Gasteiger partial charge in [0.05, 0.1) is 31.3 Å². The van der Waals surface area contributed by atoms with Crippen molar-refractivity contribution in [1.82, 2.24) is 0 Å². The van der Waals surface area contributed by atoms with Crippen LogP contribution in [0.3, 0.4) is 0 Å². The average Bonchev–Trinajstić information content (AvgIpc) is 2.86. The number of aliphatic hydroxyl groups is 3. The molecule has 5 saturated carbocycles. The third kappa shape index (κ3) is 3.29. The van der Waals surface area contributed by atoms with Crippen LogP contribution in [0.15, 0.2) is 0 Å². The zero-order valence-corrected chi connectivity index (χ0v) is 24.7. The minimum atomic E-state index is -0.885. The number of ether oxygens (including phenoxy) is 1. The van der Waals surface area contributed by atoms with E-state index in [1.165, 1.54) is 0 Å². The van der Waals surface area contributed by atoms with Gasteiger partial charge in [-0.15, -0.1) is 0 Å². The van der Waals surface area contributed by atoms with E-state index in [-0.39, 0.29) is 40.2 Å². The Hall–Kier alpha value is -0.650. The lowest BCUT2D eigenvalue weighted by atomic mass is 9.29. The highest BCUT2D eigenvalue weighted by Crippen LogP contribution is 2.78. The van der Waals surface area contributed by atoms with Crippen LogP contribution in [0, 0.1) is 68.5 Å². The Labute approximate surface area is 225 Å². The van der Waals surface area contributed by atoms with E-state index < -0.39 is 17.6 Å². The average molecular weight is 519 g/mol. The number of carbonyl (C=O) groups excluding carboxylic acids is 1. The van der Waals surface area contributed by atoms with Crippen LogP contribution < -0.4 is 0 Å². The molecule has 0 aromatic heterocycles. The molecule has 5 rings (SSSR count). The van der Waals surface area contributed by atoms with Crippen LogP contribution in [0.1, 0.15) is 99.8 Å². The van der Waals surface area contributed by atoms with E-state index in [0.29, 0.717) is 41.9 Å². The summed E-state index contributed by atoms with van der Waals surface area (Å²) in [6.07, 6.45) is 6.07. The smallest absolute Gasteiger partial charge is 0.312 e. The van der Waals surface area contributed by atoms with Crippen LogP contribution in [0.25, 0.3) is 0 Å². The van der Waals surface area contributed by atoms with Gasteiger partial charge in [-0.2, -0.15) is 0 Å². The second-order valence-electron chi connectivity index (χ2n) is 15.7. The molecule has 3 N–H and O–H groups in total. The summed E-state index contributed by atoms with van der Waals surface area (Å²) in [6, 6.07) is 0. The van der Waals surface area contributed by atoms with Gasteiger partial charge in [-0.05, 0) is 109 Å². The summed E-state index contributed by atoms with van der Waals surface area (Å²) in [5.74, 6) is 2.96. The number of esters is 1. The van der Waals surface area contributed by atoms with Crippen molar-refractivity contribution in [3.63, 3.8) is 0 Å². The van der Waals surface area contributed by atoms with Crippen LogP contribution in [0.5, 0.6) is 0 Å². The first-order chi connectivity index (χ1) is 17.2. The van der Waals surface area contributed by atoms with E-state index in [0.717, 1.165) is 44.9 Å². The molecule has 0 spiro atoms. The molecule has 8 unspecified atom stereocenters. The van der Waals surface area contributed by atoms with Crippen LogP contribution in [-0.2, 0) is 9.53 Å². The van der Waals surface area contributed by atoms with Crippen molar-refractivity contribution in [1.29, 1.82) is 0 Å². The number of hydrogen-bond donors (Lipinski definition) is 3. The highest BCUT2D eigenvalue weighted by molar-refractivity contribution is 5.77. The zero-order chi connectivity index (χ0) is 27.3. The molecule has 0 amide bonds. The molecule has 0 aromatic carbocycles. The lowest BCUT2D eigenvalue weighted by Gasteiger charge is -2.75. The molecular formula is C32H54O5. The van der Waals surface area contributed by atoms with Crippen molar-refractivity contribution in [2.24, 2.45) is 68.5 Å². The molecule has 5 aliphatic carbocycles. The van der Waals surface area contributed by atoms with Gasteiger partial charge in [0.15, 0.2) is 0 Å². The first-order valence-electron chi connectivity index (χ1n) is 15.2. The Balaban J connectivity index is 1.61. The Kier molecular flexibility index (Phi) is 6.54. The van der Waals surface area contributed by atoms with E-state index in [1.54, 1.807) is 7.11 Å². The van der Waals surface area contributed by atoms with Crippen molar-refractivity contribution in [3.05, 3.63) is 0 Å². The van der Waals surface area contributed by atoms with Crippen LogP contribution in [0.4, 0.5) is 0 Å². The maximum Gasteiger partial charge on any atom is 0.312 e. The summed E-state index contributed by atoms with van der Waals surface area (Å²) in [4.78, 5) is 13.5. The van der Waals surface area contributed by atoms with Crippen LogP contribution in [0.2, 0.25) is 0 Å². The molecule has 0 aliphatic heterocycles. The van der Waals surface area contributed by atoms with E-state index in [4.69, 9.17) is 4.74 Å². The number of aliphatic hydroxyl groups excluding tert-OH is 3. The van der Waals surface area contributed by atoms with Gasteiger partial charge in [0.2, 0.25) is 0 Å². The maximum atomic E-state index is 13.5. The van der Waals surface area contributed by atoms with Crippen molar-refractivity contribution >= 4 is 5.97 Å². The van der Waals surface area contributed by atoms with E-state index in [2.05, 4.69) is 41.5 Å². The van der Waals surface area contributed by atoms with Gasteiger partial charge in [0, 0.05) is 5.41 Å². The van der Waals surface area contributed by atoms with Crippen molar-refractivity contribution in [3.8, 4) is 0 Å². The second kappa shape index (κ2) is 8.67. The first-order valence-corrected chi connectivity index (χ1v) is 15.2. The molecule has 0 radical (unpaired) electrons. The predicted molar refractivity (Wildman–Crippen MR) is 144 cm³/mol.